The Bertz CT molecular complexity index is 566. The third kappa shape index (κ3) is 4.01. The summed E-state index contributed by atoms with van der Waals surface area (Å²) in [6.07, 6.45) is 1.42. The number of hydrogen-bond acceptors (Lipinski definition) is 5. The van der Waals surface area contributed by atoms with E-state index in [1.54, 1.807) is 11.3 Å². The second-order valence-electron chi connectivity index (χ2n) is 3.38. The number of nitrogens with zero attached hydrogens (tertiary/aromatic N) is 1. The molecule has 7 heteroatoms. The number of carbonyl (C=O) groups excluding carboxylic acids is 1. The molecule has 0 saturated carbocycles. The first-order valence-electron chi connectivity index (χ1n) is 5.21. The molecular weight excluding hydrogens is 270 g/mol. The lowest BCUT2D eigenvalue weighted by Crippen LogP contribution is -2.24. The van der Waals surface area contributed by atoms with E-state index in [-0.39, 0.29) is 17.2 Å². The highest BCUT2D eigenvalue weighted by molar-refractivity contribution is 7.99. The van der Waals surface area contributed by atoms with E-state index >= 15 is 0 Å². The molecule has 5 nitrogen and oxygen atoms in total. The van der Waals surface area contributed by atoms with Gasteiger partial charge in [-0.05, 0) is 11.4 Å². The fourth-order valence-corrected chi connectivity index (χ4v) is 2.53. The number of rotatable bonds is 5. The minimum Gasteiger partial charge on any atom is -0.350 e. The second kappa shape index (κ2) is 6.36. The van der Waals surface area contributed by atoms with Crippen LogP contribution >= 0.6 is 23.1 Å². The lowest BCUT2D eigenvalue weighted by Gasteiger charge is -2.02. The summed E-state index contributed by atoms with van der Waals surface area (Å²) in [6, 6.07) is 5.24. The molecule has 0 aliphatic rings. The molecule has 0 bridgehead atoms. The first-order valence-corrected chi connectivity index (χ1v) is 7.08. The maximum atomic E-state index is 11.5. The molecule has 0 aliphatic carbocycles. The second-order valence-corrected chi connectivity index (χ2v) is 5.38. The zero-order valence-electron chi connectivity index (χ0n) is 9.38. The van der Waals surface area contributed by atoms with Gasteiger partial charge in [-0.25, -0.2) is 4.98 Å². The van der Waals surface area contributed by atoms with Gasteiger partial charge in [-0.3, -0.25) is 9.59 Å². The highest BCUT2D eigenvalue weighted by atomic mass is 32.2. The molecule has 0 fully saturated rings. The monoisotopic (exact) mass is 281 g/mol. The van der Waals surface area contributed by atoms with Gasteiger partial charge < -0.3 is 10.3 Å². The number of nitrogens with one attached hydrogen (secondary N) is 2. The van der Waals surface area contributed by atoms with Crippen molar-refractivity contribution in [1.82, 2.24) is 15.3 Å². The van der Waals surface area contributed by atoms with Gasteiger partial charge in [-0.2, -0.15) is 0 Å². The van der Waals surface area contributed by atoms with Gasteiger partial charge in [0.25, 0.3) is 5.56 Å². The number of thiophene rings is 1. The van der Waals surface area contributed by atoms with Gasteiger partial charge in [-0.15, -0.1) is 11.3 Å². The van der Waals surface area contributed by atoms with Crippen molar-refractivity contribution >= 4 is 29.0 Å². The normalized spacial score (nSPS) is 10.2. The summed E-state index contributed by atoms with van der Waals surface area (Å²) in [6.45, 7) is 0.537. The van der Waals surface area contributed by atoms with Crippen LogP contribution in [0.1, 0.15) is 4.88 Å². The molecule has 18 heavy (non-hydrogen) atoms. The smallest absolute Gasteiger partial charge is 0.251 e. The Morgan fingerprint density at radius 1 is 1.50 bits per heavy atom. The first-order chi connectivity index (χ1) is 8.74. The van der Waals surface area contributed by atoms with E-state index in [1.165, 1.54) is 24.0 Å². The minimum absolute atomic E-state index is 0.0834. The van der Waals surface area contributed by atoms with Crippen molar-refractivity contribution in [3.05, 3.63) is 45.0 Å². The van der Waals surface area contributed by atoms with Gasteiger partial charge in [0.1, 0.15) is 0 Å². The molecule has 1 amide bonds. The van der Waals surface area contributed by atoms with Crippen LogP contribution in [-0.2, 0) is 11.3 Å². The summed E-state index contributed by atoms with van der Waals surface area (Å²) >= 11 is 2.80. The number of H-pyrrole nitrogens is 1. The van der Waals surface area contributed by atoms with Crippen LogP contribution in [0.2, 0.25) is 0 Å². The Kier molecular flexibility index (Phi) is 4.54. The van der Waals surface area contributed by atoms with Crippen molar-refractivity contribution in [2.45, 2.75) is 11.7 Å². The van der Waals surface area contributed by atoms with Crippen LogP contribution in [0.25, 0.3) is 0 Å². The highest BCUT2D eigenvalue weighted by Crippen LogP contribution is 2.10. The third-order valence-corrected chi connectivity index (χ3v) is 3.79. The van der Waals surface area contributed by atoms with Crippen LogP contribution in [0.5, 0.6) is 0 Å². The lowest BCUT2D eigenvalue weighted by molar-refractivity contribution is -0.118. The zero-order chi connectivity index (χ0) is 12.8. The molecule has 0 aliphatic heterocycles. The summed E-state index contributed by atoms with van der Waals surface area (Å²) in [7, 11) is 0. The topological polar surface area (TPSA) is 74.8 Å². The van der Waals surface area contributed by atoms with Crippen LogP contribution in [0, 0.1) is 0 Å². The predicted octanol–water partition coefficient (Wildman–Crippen LogP) is 1.24. The summed E-state index contributed by atoms with van der Waals surface area (Å²) in [5, 5.41) is 5.22. The van der Waals surface area contributed by atoms with Gasteiger partial charge in [0, 0.05) is 17.1 Å². The number of aromatic amines is 1. The number of hydrogen-bond donors (Lipinski definition) is 2. The van der Waals surface area contributed by atoms with Crippen LogP contribution in [0.15, 0.2) is 39.7 Å². The summed E-state index contributed by atoms with van der Waals surface area (Å²) in [5.41, 5.74) is -0.216. The molecule has 0 radical (unpaired) electrons. The highest BCUT2D eigenvalue weighted by Gasteiger charge is 2.04. The Labute approximate surface area is 112 Å². The van der Waals surface area contributed by atoms with Crippen molar-refractivity contribution in [2.24, 2.45) is 0 Å². The molecule has 0 aromatic carbocycles. The predicted molar refractivity (Wildman–Crippen MR) is 71.7 cm³/mol. The van der Waals surface area contributed by atoms with E-state index in [9.17, 15) is 9.59 Å². The van der Waals surface area contributed by atoms with Gasteiger partial charge in [0.2, 0.25) is 5.91 Å². The molecular formula is C11H11N3O2S2. The average Bonchev–Trinajstić information content (AvgIpc) is 2.87. The molecule has 0 unspecified atom stereocenters. The fourth-order valence-electron chi connectivity index (χ4n) is 1.21. The maximum Gasteiger partial charge on any atom is 0.251 e. The van der Waals surface area contributed by atoms with E-state index in [0.29, 0.717) is 11.7 Å². The molecule has 2 heterocycles. The number of thioether (sulfide) groups is 1. The van der Waals surface area contributed by atoms with E-state index in [1.807, 2.05) is 17.5 Å². The maximum absolute atomic E-state index is 11.5. The number of carbonyl (C=O) groups is 1. The molecule has 0 atom stereocenters. The van der Waals surface area contributed by atoms with E-state index in [4.69, 9.17) is 0 Å². The SMILES string of the molecule is O=C(CSc1nccc(=O)[nH]1)NCc1cccs1. The first kappa shape index (κ1) is 12.8. The molecule has 2 aromatic heterocycles. The zero-order valence-corrected chi connectivity index (χ0v) is 11.0. The van der Waals surface area contributed by atoms with Gasteiger partial charge >= 0.3 is 0 Å². The lowest BCUT2D eigenvalue weighted by atomic mass is 10.4. The van der Waals surface area contributed by atoms with Gasteiger partial charge in [0.05, 0.1) is 12.3 Å². The van der Waals surface area contributed by atoms with E-state index in [2.05, 4.69) is 15.3 Å². The quantitative estimate of drug-likeness (QED) is 0.639. The van der Waals surface area contributed by atoms with E-state index in [0.717, 1.165) is 4.88 Å². The van der Waals surface area contributed by atoms with Crippen LogP contribution in [0.4, 0.5) is 0 Å². The number of amides is 1. The van der Waals surface area contributed by atoms with E-state index < -0.39 is 0 Å². The summed E-state index contributed by atoms with van der Waals surface area (Å²) in [5.74, 6) is 0.151. The Balaban J connectivity index is 1.76. The molecule has 0 saturated heterocycles. The Morgan fingerprint density at radius 2 is 2.39 bits per heavy atom. The molecule has 2 rings (SSSR count). The van der Waals surface area contributed by atoms with Crippen molar-refractivity contribution in [3.63, 3.8) is 0 Å². The van der Waals surface area contributed by atoms with Gasteiger partial charge in [0.15, 0.2) is 5.16 Å². The Hall–Kier alpha value is -1.60. The molecule has 2 N–H and O–H groups in total. The fraction of sp³-hybridized carbons (Fsp3) is 0.182. The summed E-state index contributed by atoms with van der Waals surface area (Å²) in [4.78, 5) is 30.2. The largest absolute Gasteiger partial charge is 0.350 e. The molecule has 2 aromatic rings. The number of aromatic nitrogens is 2. The van der Waals surface area contributed by atoms with Gasteiger partial charge in [-0.1, -0.05) is 17.8 Å². The van der Waals surface area contributed by atoms with Crippen molar-refractivity contribution in [3.8, 4) is 0 Å². The van der Waals surface area contributed by atoms with Crippen molar-refractivity contribution < 1.29 is 4.79 Å². The van der Waals surface area contributed by atoms with Crippen LogP contribution in [-0.4, -0.2) is 21.6 Å². The summed E-state index contributed by atoms with van der Waals surface area (Å²) < 4.78 is 0. The average molecular weight is 281 g/mol. The van der Waals surface area contributed by atoms with Crippen LogP contribution in [0.3, 0.4) is 0 Å². The Morgan fingerprint density at radius 3 is 3.11 bits per heavy atom. The van der Waals surface area contributed by atoms with Crippen LogP contribution < -0.4 is 10.9 Å². The molecule has 0 spiro atoms. The third-order valence-electron chi connectivity index (χ3n) is 2.03. The molecule has 94 valence electrons. The standard InChI is InChI=1S/C11H11N3O2S2/c15-9-3-4-12-11(14-9)18-7-10(16)13-6-8-2-1-5-17-8/h1-5H,6-7H2,(H,13,16)(H,12,14,15). The van der Waals surface area contributed by atoms with Crippen molar-refractivity contribution in [1.29, 1.82) is 0 Å². The van der Waals surface area contributed by atoms with Crippen molar-refractivity contribution in [2.75, 3.05) is 5.75 Å². The minimum atomic E-state index is -0.216.